The highest BCUT2D eigenvalue weighted by Gasteiger charge is 2.15. The van der Waals surface area contributed by atoms with Crippen LogP contribution in [0.25, 0.3) is 0 Å². The zero-order valence-corrected chi connectivity index (χ0v) is 8.90. The molecule has 0 bridgehead atoms. The fourth-order valence-electron chi connectivity index (χ4n) is 0.904. The average molecular weight is 200 g/mol. The number of thiazole rings is 1. The lowest BCUT2D eigenvalue weighted by atomic mass is 9.95. The molecule has 3 nitrogen and oxygen atoms in total. The molecule has 1 rings (SSSR count). The van der Waals surface area contributed by atoms with Crippen LogP contribution in [-0.2, 0) is 6.54 Å². The SMILES string of the molecule is CC(C)(CO)CNCc1nccs1. The number of hydrogen-bond acceptors (Lipinski definition) is 4. The smallest absolute Gasteiger partial charge is 0.106 e. The maximum absolute atomic E-state index is 9.00. The average Bonchev–Trinajstić information content (AvgIpc) is 2.57. The zero-order chi connectivity index (χ0) is 9.73. The van der Waals surface area contributed by atoms with Crippen molar-refractivity contribution in [1.82, 2.24) is 10.3 Å². The topological polar surface area (TPSA) is 45.1 Å². The van der Waals surface area contributed by atoms with Gasteiger partial charge in [-0.1, -0.05) is 13.8 Å². The molecule has 1 heterocycles. The van der Waals surface area contributed by atoms with E-state index in [4.69, 9.17) is 5.11 Å². The highest BCUT2D eigenvalue weighted by Crippen LogP contribution is 2.12. The van der Waals surface area contributed by atoms with Crippen LogP contribution in [0.2, 0.25) is 0 Å². The Bertz CT molecular complexity index is 234. The molecule has 0 spiro atoms. The van der Waals surface area contributed by atoms with E-state index in [9.17, 15) is 0 Å². The minimum absolute atomic E-state index is 0.0444. The second-order valence-electron chi connectivity index (χ2n) is 3.85. The van der Waals surface area contributed by atoms with E-state index in [1.54, 1.807) is 17.5 Å². The molecule has 4 heteroatoms. The molecular weight excluding hydrogens is 184 g/mol. The predicted octanol–water partition coefficient (Wildman–Crippen LogP) is 1.25. The first-order valence-corrected chi connectivity index (χ1v) is 5.22. The monoisotopic (exact) mass is 200 g/mol. The van der Waals surface area contributed by atoms with E-state index >= 15 is 0 Å². The molecule has 0 saturated carbocycles. The number of nitrogens with one attached hydrogen (secondary N) is 1. The third-order valence-electron chi connectivity index (χ3n) is 1.79. The van der Waals surface area contributed by atoms with E-state index < -0.39 is 0 Å². The number of aliphatic hydroxyl groups is 1. The molecule has 1 aromatic heterocycles. The zero-order valence-electron chi connectivity index (χ0n) is 8.08. The summed E-state index contributed by atoms with van der Waals surface area (Å²) >= 11 is 1.64. The Morgan fingerprint density at radius 2 is 2.38 bits per heavy atom. The summed E-state index contributed by atoms with van der Waals surface area (Å²) in [6, 6.07) is 0. The largest absolute Gasteiger partial charge is 0.396 e. The van der Waals surface area contributed by atoms with E-state index in [0.717, 1.165) is 18.1 Å². The molecule has 0 amide bonds. The molecule has 13 heavy (non-hydrogen) atoms. The third kappa shape index (κ3) is 3.85. The van der Waals surface area contributed by atoms with Crippen molar-refractivity contribution in [3.63, 3.8) is 0 Å². The Morgan fingerprint density at radius 1 is 1.62 bits per heavy atom. The van der Waals surface area contributed by atoms with Gasteiger partial charge in [-0.2, -0.15) is 0 Å². The van der Waals surface area contributed by atoms with Gasteiger partial charge in [0.15, 0.2) is 0 Å². The number of aromatic nitrogens is 1. The standard InChI is InChI=1S/C9H16N2OS/c1-9(2,7-12)6-10-5-8-11-3-4-13-8/h3-4,10,12H,5-7H2,1-2H3. The van der Waals surface area contributed by atoms with Gasteiger partial charge in [-0.25, -0.2) is 4.98 Å². The summed E-state index contributed by atoms with van der Waals surface area (Å²) in [5.74, 6) is 0. The molecule has 0 unspecified atom stereocenters. The van der Waals surface area contributed by atoms with Crippen molar-refractivity contribution < 1.29 is 5.11 Å². The summed E-state index contributed by atoms with van der Waals surface area (Å²) in [4.78, 5) is 4.16. The maximum atomic E-state index is 9.00. The van der Waals surface area contributed by atoms with E-state index in [1.165, 1.54) is 0 Å². The van der Waals surface area contributed by atoms with E-state index in [1.807, 2.05) is 19.2 Å². The molecule has 0 aliphatic rings. The fourth-order valence-corrected chi connectivity index (χ4v) is 1.49. The van der Waals surface area contributed by atoms with Gasteiger partial charge in [0.25, 0.3) is 0 Å². The molecule has 0 radical (unpaired) electrons. The highest BCUT2D eigenvalue weighted by molar-refractivity contribution is 7.09. The van der Waals surface area contributed by atoms with Gasteiger partial charge >= 0.3 is 0 Å². The third-order valence-corrected chi connectivity index (χ3v) is 2.57. The Morgan fingerprint density at radius 3 is 2.92 bits per heavy atom. The lowest BCUT2D eigenvalue weighted by molar-refractivity contribution is 0.156. The molecule has 0 fully saturated rings. The first-order valence-electron chi connectivity index (χ1n) is 4.34. The first kappa shape index (κ1) is 10.6. The predicted molar refractivity (Wildman–Crippen MR) is 54.7 cm³/mol. The van der Waals surface area contributed by atoms with Crippen molar-refractivity contribution in [2.24, 2.45) is 5.41 Å². The molecule has 0 aromatic carbocycles. The quantitative estimate of drug-likeness (QED) is 0.752. The van der Waals surface area contributed by atoms with Crippen LogP contribution in [-0.4, -0.2) is 23.2 Å². The Labute approximate surface area is 82.8 Å². The van der Waals surface area contributed by atoms with Crippen LogP contribution in [0.15, 0.2) is 11.6 Å². The van der Waals surface area contributed by atoms with Crippen molar-refractivity contribution >= 4 is 11.3 Å². The molecule has 0 saturated heterocycles. The van der Waals surface area contributed by atoms with Crippen LogP contribution in [0.3, 0.4) is 0 Å². The van der Waals surface area contributed by atoms with Gasteiger partial charge < -0.3 is 10.4 Å². The summed E-state index contributed by atoms with van der Waals surface area (Å²) in [5.41, 5.74) is -0.0444. The second kappa shape index (κ2) is 4.69. The molecule has 2 N–H and O–H groups in total. The summed E-state index contributed by atoms with van der Waals surface area (Å²) < 4.78 is 0. The summed E-state index contributed by atoms with van der Waals surface area (Å²) in [7, 11) is 0. The molecular formula is C9H16N2OS. The molecule has 1 aromatic rings. The van der Waals surface area contributed by atoms with Crippen LogP contribution in [0.4, 0.5) is 0 Å². The minimum atomic E-state index is -0.0444. The van der Waals surface area contributed by atoms with Crippen molar-refractivity contribution in [2.75, 3.05) is 13.2 Å². The van der Waals surface area contributed by atoms with Gasteiger partial charge in [0.05, 0.1) is 0 Å². The molecule has 0 aliphatic heterocycles. The van der Waals surface area contributed by atoms with Crippen molar-refractivity contribution in [2.45, 2.75) is 20.4 Å². The summed E-state index contributed by atoms with van der Waals surface area (Å²) in [6.45, 7) is 5.87. The number of hydrogen-bond donors (Lipinski definition) is 2. The van der Waals surface area contributed by atoms with Crippen LogP contribution in [0, 0.1) is 5.41 Å². The number of aliphatic hydroxyl groups excluding tert-OH is 1. The van der Waals surface area contributed by atoms with Crippen LogP contribution in [0.5, 0.6) is 0 Å². The lowest BCUT2D eigenvalue weighted by Gasteiger charge is -2.21. The Kier molecular flexibility index (Phi) is 3.84. The Balaban J connectivity index is 2.21. The summed E-state index contributed by atoms with van der Waals surface area (Å²) in [5, 5.41) is 15.3. The minimum Gasteiger partial charge on any atom is -0.396 e. The van der Waals surface area contributed by atoms with E-state index in [0.29, 0.717) is 0 Å². The number of rotatable bonds is 5. The van der Waals surface area contributed by atoms with Gasteiger partial charge in [-0.3, -0.25) is 0 Å². The maximum Gasteiger partial charge on any atom is 0.106 e. The molecule has 74 valence electrons. The van der Waals surface area contributed by atoms with Crippen molar-refractivity contribution in [3.05, 3.63) is 16.6 Å². The van der Waals surface area contributed by atoms with Crippen molar-refractivity contribution in [3.8, 4) is 0 Å². The van der Waals surface area contributed by atoms with Gasteiger partial charge in [0.2, 0.25) is 0 Å². The first-order chi connectivity index (χ1) is 6.14. The number of nitrogens with zero attached hydrogens (tertiary/aromatic N) is 1. The van der Waals surface area contributed by atoms with E-state index in [-0.39, 0.29) is 12.0 Å². The second-order valence-corrected chi connectivity index (χ2v) is 4.83. The normalized spacial score (nSPS) is 11.9. The summed E-state index contributed by atoms with van der Waals surface area (Å²) in [6.07, 6.45) is 1.80. The Hall–Kier alpha value is -0.450. The van der Waals surface area contributed by atoms with Crippen molar-refractivity contribution in [1.29, 1.82) is 0 Å². The fraction of sp³-hybridized carbons (Fsp3) is 0.667. The van der Waals surface area contributed by atoms with E-state index in [2.05, 4.69) is 10.3 Å². The van der Waals surface area contributed by atoms with Gasteiger partial charge in [0, 0.05) is 36.7 Å². The van der Waals surface area contributed by atoms with Crippen LogP contribution in [0.1, 0.15) is 18.9 Å². The van der Waals surface area contributed by atoms with Gasteiger partial charge in [-0.15, -0.1) is 11.3 Å². The van der Waals surface area contributed by atoms with Gasteiger partial charge in [0.1, 0.15) is 5.01 Å². The highest BCUT2D eigenvalue weighted by atomic mass is 32.1. The van der Waals surface area contributed by atoms with Gasteiger partial charge in [-0.05, 0) is 0 Å². The lowest BCUT2D eigenvalue weighted by Crippen LogP contribution is -2.31. The molecule has 0 aliphatic carbocycles. The molecule has 0 atom stereocenters. The van der Waals surface area contributed by atoms with Crippen LogP contribution >= 0.6 is 11.3 Å². The van der Waals surface area contributed by atoms with Crippen LogP contribution < -0.4 is 5.32 Å².